The van der Waals surface area contributed by atoms with E-state index in [0.717, 1.165) is 0 Å². The second kappa shape index (κ2) is 5.10. The molecule has 0 aromatic rings. The molecule has 3 heteroatoms. The van der Waals surface area contributed by atoms with Crippen LogP contribution in [0.1, 0.15) is 13.8 Å². The molecule has 0 saturated heterocycles. The van der Waals surface area contributed by atoms with Crippen LogP contribution in [0.15, 0.2) is 10.6 Å². The third kappa shape index (κ3) is 3.79. The molecular formula is C6H10Cl2O. The van der Waals surface area contributed by atoms with Gasteiger partial charge < -0.3 is 4.74 Å². The minimum atomic E-state index is -0.0748. The molecule has 0 fully saturated rings. The summed E-state index contributed by atoms with van der Waals surface area (Å²) in [7, 11) is 0. The molecule has 0 heterocycles. The maximum atomic E-state index is 5.60. The van der Waals surface area contributed by atoms with Crippen LogP contribution in [0.5, 0.6) is 0 Å². The summed E-state index contributed by atoms with van der Waals surface area (Å²) in [5.74, 6) is 0. The largest absolute Gasteiger partial charge is 0.373 e. The zero-order chi connectivity index (χ0) is 7.28. The number of halogens is 2. The minimum absolute atomic E-state index is 0.0748. The normalized spacial score (nSPS) is 15.8. The standard InChI is InChI=1S/C6H10Cl2O/c1-3-9-5(2)6(8)4-7/h4-5H,3H2,1-2H3. The van der Waals surface area contributed by atoms with Crippen LogP contribution in [0.3, 0.4) is 0 Å². The Hall–Kier alpha value is 0.280. The molecule has 0 aliphatic carbocycles. The molecule has 9 heavy (non-hydrogen) atoms. The smallest absolute Gasteiger partial charge is 0.0911 e. The van der Waals surface area contributed by atoms with E-state index in [4.69, 9.17) is 27.9 Å². The lowest BCUT2D eigenvalue weighted by molar-refractivity contribution is 0.106. The Balaban J connectivity index is 3.59. The molecule has 0 aliphatic heterocycles. The van der Waals surface area contributed by atoms with E-state index in [1.165, 1.54) is 5.54 Å². The Labute approximate surface area is 65.6 Å². The zero-order valence-electron chi connectivity index (χ0n) is 5.53. The number of rotatable bonds is 3. The summed E-state index contributed by atoms with van der Waals surface area (Å²) >= 11 is 10.9. The van der Waals surface area contributed by atoms with Gasteiger partial charge in [-0.15, -0.1) is 0 Å². The van der Waals surface area contributed by atoms with Crippen LogP contribution < -0.4 is 0 Å². The van der Waals surface area contributed by atoms with Gasteiger partial charge in [-0.25, -0.2) is 0 Å². The average Bonchev–Trinajstić information content (AvgIpc) is 1.87. The van der Waals surface area contributed by atoms with Crippen LogP contribution in [0.4, 0.5) is 0 Å². The third-order valence-electron chi connectivity index (χ3n) is 0.909. The van der Waals surface area contributed by atoms with E-state index < -0.39 is 0 Å². The molecule has 0 amide bonds. The van der Waals surface area contributed by atoms with Crippen molar-refractivity contribution in [2.45, 2.75) is 20.0 Å². The van der Waals surface area contributed by atoms with E-state index >= 15 is 0 Å². The lowest BCUT2D eigenvalue weighted by Gasteiger charge is -2.07. The summed E-state index contributed by atoms with van der Waals surface area (Å²) in [6, 6.07) is 0. The zero-order valence-corrected chi connectivity index (χ0v) is 7.04. The van der Waals surface area contributed by atoms with Crippen LogP contribution in [0.2, 0.25) is 0 Å². The molecule has 1 nitrogen and oxygen atoms in total. The van der Waals surface area contributed by atoms with Crippen molar-refractivity contribution in [3.63, 3.8) is 0 Å². The van der Waals surface area contributed by atoms with Gasteiger partial charge >= 0.3 is 0 Å². The summed E-state index contributed by atoms with van der Waals surface area (Å²) in [5.41, 5.74) is 1.32. The Morgan fingerprint density at radius 1 is 1.78 bits per heavy atom. The van der Waals surface area contributed by atoms with Gasteiger partial charge in [0.15, 0.2) is 0 Å². The van der Waals surface area contributed by atoms with Crippen molar-refractivity contribution in [2.24, 2.45) is 0 Å². The van der Waals surface area contributed by atoms with E-state index in [1.807, 2.05) is 13.8 Å². The van der Waals surface area contributed by atoms with Crippen molar-refractivity contribution in [1.29, 1.82) is 0 Å². The second-order valence-corrected chi connectivity index (χ2v) is 2.25. The van der Waals surface area contributed by atoms with E-state index in [9.17, 15) is 0 Å². The molecule has 54 valence electrons. The van der Waals surface area contributed by atoms with E-state index in [0.29, 0.717) is 11.6 Å². The molecule has 0 saturated carbocycles. The number of hydrogen-bond acceptors (Lipinski definition) is 1. The Bertz CT molecular complexity index is 101. The maximum Gasteiger partial charge on any atom is 0.0911 e. The first-order valence-electron chi connectivity index (χ1n) is 2.79. The Kier molecular flexibility index (Phi) is 5.25. The quantitative estimate of drug-likeness (QED) is 0.631. The van der Waals surface area contributed by atoms with Crippen molar-refractivity contribution in [3.05, 3.63) is 10.6 Å². The molecule has 0 rings (SSSR count). The molecule has 1 unspecified atom stereocenters. The van der Waals surface area contributed by atoms with E-state index in [1.54, 1.807) is 0 Å². The first kappa shape index (κ1) is 9.28. The predicted molar refractivity (Wildman–Crippen MR) is 40.9 cm³/mol. The van der Waals surface area contributed by atoms with Gasteiger partial charge in [-0.1, -0.05) is 23.2 Å². The van der Waals surface area contributed by atoms with E-state index in [-0.39, 0.29) is 6.10 Å². The number of hydrogen-bond donors (Lipinski definition) is 0. The van der Waals surface area contributed by atoms with Gasteiger partial charge in [0.05, 0.1) is 11.1 Å². The monoisotopic (exact) mass is 168 g/mol. The predicted octanol–water partition coefficient (Wildman–Crippen LogP) is 2.73. The highest BCUT2D eigenvalue weighted by Crippen LogP contribution is 2.11. The third-order valence-corrected chi connectivity index (χ3v) is 1.67. The highest BCUT2D eigenvalue weighted by Gasteiger charge is 2.02. The Morgan fingerprint density at radius 3 is 2.67 bits per heavy atom. The van der Waals surface area contributed by atoms with Crippen LogP contribution in [-0.4, -0.2) is 12.7 Å². The van der Waals surface area contributed by atoms with Gasteiger partial charge in [0.2, 0.25) is 0 Å². The lowest BCUT2D eigenvalue weighted by Crippen LogP contribution is -2.06. The first-order chi connectivity index (χ1) is 4.22. The molecule has 0 aliphatic rings. The SMILES string of the molecule is CCOC(C)C(Cl)=CCl. The van der Waals surface area contributed by atoms with Crippen molar-refractivity contribution in [1.82, 2.24) is 0 Å². The van der Waals surface area contributed by atoms with Crippen molar-refractivity contribution >= 4 is 23.2 Å². The van der Waals surface area contributed by atoms with E-state index in [2.05, 4.69) is 0 Å². The van der Waals surface area contributed by atoms with Crippen LogP contribution in [0, 0.1) is 0 Å². The highest BCUT2D eigenvalue weighted by molar-refractivity contribution is 6.36. The maximum absolute atomic E-state index is 5.60. The first-order valence-corrected chi connectivity index (χ1v) is 3.61. The highest BCUT2D eigenvalue weighted by atomic mass is 35.5. The molecule has 1 atom stereocenters. The molecule has 0 N–H and O–H groups in total. The van der Waals surface area contributed by atoms with Gasteiger partial charge in [0.25, 0.3) is 0 Å². The fraction of sp³-hybridized carbons (Fsp3) is 0.667. The van der Waals surface area contributed by atoms with Gasteiger partial charge in [-0.2, -0.15) is 0 Å². The second-order valence-electron chi connectivity index (χ2n) is 1.59. The van der Waals surface area contributed by atoms with Crippen molar-refractivity contribution in [3.8, 4) is 0 Å². The average molecular weight is 169 g/mol. The van der Waals surface area contributed by atoms with Crippen LogP contribution >= 0.6 is 23.2 Å². The fourth-order valence-electron chi connectivity index (χ4n) is 0.418. The van der Waals surface area contributed by atoms with Crippen LogP contribution in [-0.2, 0) is 4.74 Å². The van der Waals surface area contributed by atoms with Gasteiger partial charge in [0.1, 0.15) is 0 Å². The molecular weight excluding hydrogens is 159 g/mol. The van der Waals surface area contributed by atoms with Crippen LogP contribution in [0.25, 0.3) is 0 Å². The summed E-state index contributed by atoms with van der Waals surface area (Å²) in [4.78, 5) is 0. The van der Waals surface area contributed by atoms with Gasteiger partial charge in [-0.3, -0.25) is 0 Å². The fourth-order valence-corrected chi connectivity index (χ4v) is 0.659. The lowest BCUT2D eigenvalue weighted by atomic mass is 10.4. The molecule has 0 radical (unpaired) electrons. The molecule has 0 aromatic carbocycles. The van der Waals surface area contributed by atoms with Crippen molar-refractivity contribution in [2.75, 3.05) is 6.61 Å². The molecule has 0 aromatic heterocycles. The summed E-state index contributed by atoms with van der Waals surface area (Å²) in [5, 5.41) is 0.540. The summed E-state index contributed by atoms with van der Waals surface area (Å²) < 4.78 is 5.11. The topological polar surface area (TPSA) is 9.23 Å². The molecule has 0 bridgehead atoms. The Morgan fingerprint density at radius 2 is 2.33 bits per heavy atom. The summed E-state index contributed by atoms with van der Waals surface area (Å²) in [6.07, 6.45) is -0.0748. The van der Waals surface area contributed by atoms with Gasteiger partial charge in [-0.05, 0) is 13.8 Å². The van der Waals surface area contributed by atoms with Crippen molar-refractivity contribution < 1.29 is 4.74 Å². The summed E-state index contributed by atoms with van der Waals surface area (Å²) in [6.45, 7) is 4.42. The minimum Gasteiger partial charge on any atom is -0.373 e. The number of ether oxygens (including phenoxy) is 1. The molecule has 0 spiro atoms. The van der Waals surface area contributed by atoms with Gasteiger partial charge in [0, 0.05) is 12.1 Å².